The summed E-state index contributed by atoms with van der Waals surface area (Å²) in [5.41, 5.74) is 2.12. The molecule has 1 amide bonds. The lowest BCUT2D eigenvalue weighted by atomic mass is 9.98. The van der Waals surface area contributed by atoms with Crippen LogP contribution < -0.4 is 5.43 Å². The molecule has 2 aromatic carbocycles. The third kappa shape index (κ3) is 2.77. The van der Waals surface area contributed by atoms with Crippen LogP contribution in [0.1, 0.15) is 33.3 Å². The fourth-order valence-electron chi connectivity index (χ4n) is 3.82. The van der Waals surface area contributed by atoms with Gasteiger partial charge >= 0.3 is 0 Å². The highest BCUT2D eigenvalue weighted by Gasteiger charge is 2.42. The first-order valence-corrected chi connectivity index (χ1v) is 9.18. The smallest absolute Gasteiger partial charge is 0.291 e. The predicted octanol–water partition coefficient (Wildman–Crippen LogP) is 3.64. The van der Waals surface area contributed by atoms with E-state index in [4.69, 9.17) is 4.42 Å². The fraction of sp³-hybridized carbons (Fsp3) is 0.0870. The van der Waals surface area contributed by atoms with E-state index >= 15 is 0 Å². The van der Waals surface area contributed by atoms with Crippen LogP contribution in [0.4, 0.5) is 0 Å². The highest BCUT2D eigenvalue weighted by molar-refractivity contribution is 5.99. The van der Waals surface area contributed by atoms with E-state index in [0.29, 0.717) is 23.1 Å². The van der Waals surface area contributed by atoms with Gasteiger partial charge < -0.3 is 14.4 Å². The molecule has 0 fully saturated rings. The second kappa shape index (κ2) is 6.60. The van der Waals surface area contributed by atoms with E-state index in [1.54, 1.807) is 65.8 Å². The van der Waals surface area contributed by atoms with Crippen LogP contribution >= 0.6 is 0 Å². The fourth-order valence-corrected chi connectivity index (χ4v) is 3.82. The van der Waals surface area contributed by atoms with Gasteiger partial charge in [-0.15, -0.1) is 0 Å². The third-order valence-corrected chi connectivity index (χ3v) is 5.18. The molecule has 0 radical (unpaired) electrons. The first kappa shape index (κ1) is 17.2. The number of hydrogen-bond donors (Lipinski definition) is 1. The third-order valence-electron chi connectivity index (χ3n) is 5.18. The molecule has 142 valence electrons. The maximum atomic E-state index is 13.3. The normalized spacial score (nSPS) is 15.7. The van der Waals surface area contributed by atoms with Crippen molar-refractivity contribution in [3.63, 3.8) is 0 Å². The largest absolute Gasteiger partial charge is 0.508 e. The van der Waals surface area contributed by atoms with Gasteiger partial charge in [-0.1, -0.05) is 24.3 Å². The van der Waals surface area contributed by atoms with E-state index in [1.807, 2.05) is 12.1 Å². The Morgan fingerprint density at radius 2 is 1.69 bits per heavy atom. The molecular formula is C23H16N2O4. The Bertz CT molecular complexity index is 1280. The topological polar surface area (TPSA) is 83.6 Å². The average molecular weight is 384 g/mol. The summed E-state index contributed by atoms with van der Waals surface area (Å²) in [6, 6.07) is 16.5. The molecule has 1 unspecified atom stereocenters. The van der Waals surface area contributed by atoms with Crippen LogP contribution in [-0.2, 0) is 6.54 Å². The monoisotopic (exact) mass is 384 g/mol. The molecule has 0 saturated heterocycles. The molecule has 6 nitrogen and oxygen atoms in total. The predicted molar refractivity (Wildman–Crippen MR) is 107 cm³/mol. The Balaban J connectivity index is 1.73. The van der Waals surface area contributed by atoms with E-state index in [9.17, 15) is 14.7 Å². The molecule has 0 bridgehead atoms. The standard InChI is InChI=1S/C23H16N2O4/c26-16-7-5-15(6-8-16)20-19-21(27)17-3-1-2-4-18(17)29-22(19)23(28)25(20)13-14-9-11-24-12-10-14/h1-12,20,26H,13H2. The molecule has 1 aliphatic rings. The van der Waals surface area contributed by atoms with Gasteiger partial charge in [-0.3, -0.25) is 14.6 Å². The molecular weight excluding hydrogens is 368 g/mol. The molecule has 2 aromatic heterocycles. The van der Waals surface area contributed by atoms with Gasteiger partial charge in [0.2, 0.25) is 5.76 Å². The summed E-state index contributed by atoms with van der Waals surface area (Å²) in [6.07, 6.45) is 3.33. The number of carbonyl (C=O) groups excluding carboxylic acids is 1. The van der Waals surface area contributed by atoms with Crippen molar-refractivity contribution in [2.75, 3.05) is 0 Å². The number of fused-ring (bicyclic) bond motifs is 2. The van der Waals surface area contributed by atoms with Crippen LogP contribution in [0.2, 0.25) is 0 Å². The summed E-state index contributed by atoms with van der Waals surface area (Å²) in [5, 5.41) is 10.1. The van der Waals surface area contributed by atoms with E-state index in [0.717, 1.165) is 11.1 Å². The van der Waals surface area contributed by atoms with Gasteiger partial charge in [-0.2, -0.15) is 0 Å². The number of amides is 1. The number of benzene rings is 2. The van der Waals surface area contributed by atoms with Gasteiger partial charge in [0.05, 0.1) is 17.0 Å². The molecule has 4 aromatic rings. The highest BCUT2D eigenvalue weighted by Crippen LogP contribution is 2.39. The first-order chi connectivity index (χ1) is 14.1. The molecule has 0 aliphatic carbocycles. The lowest BCUT2D eigenvalue weighted by Crippen LogP contribution is -2.29. The van der Waals surface area contributed by atoms with Gasteiger partial charge in [-0.05, 0) is 47.5 Å². The Kier molecular flexibility index (Phi) is 3.91. The Labute approximate surface area is 165 Å². The van der Waals surface area contributed by atoms with Crippen molar-refractivity contribution < 1.29 is 14.3 Å². The molecule has 6 heteroatoms. The van der Waals surface area contributed by atoms with Crippen LogP contribution in [0.25, 0.3) is 11.0 Å². The van der Waals surface area contributed by atoms with Crippen molar-refractivity contribution in [2.45, 2.75) is 12.6 Å². The van der Waals surface area contributed by atoms with Gasteiger partial charge in [0.15, 0.2) is 5.43 Å². The average Bonchev–Trinajstić information content (AvgIpc) is 3.02. The summed E-state index contributed by atoms with van der Waals surface area (Å²) in [6.45, 7) is 0.298. The first-order valence-electron chi connectivity index (χ1n) is 9.18. The zero-order valence-corrected chi connectivity index (χ0v) is 15.3. The highest BCUT2D eigenvalue weighted by atomic mass is 16.3. The molecule has 29 heavy (non-hydrogen) atoms. The Hall–Kier alpha value is -3.93. The zero-order chi connectivity index (χ0) is 20.0. The van der Waals surface area contributed by atoms with Gasteiger partial charge in [0, 0.05) is 18.9 Å². The molecule has 1 N–H and O–H groups in total. The van der Waals surface area contributed by atoms with Gasteiger partial charge in [0.1, 0.15) is 11.3 Å². The molecule has 1 aliphatic heterocycles. The van der Waals surface area contributed by atoms with Gasteiger partial charge in [-0.25, -0.2) is 0 Å². The Morgan fingerprint density at radius 3 is 2.45 bits per heavy atom. The van der Waals surface area contributed by atoms with Crippen LogP contribution in [-0.4, -0.2) is 20.9 Å². The number of nitrogens with zero attached hydrogens (tertiary/aromatic N) is 2. The summed E-state index contributed by atoms with van der Waals surface area (Å²) in [5.74, 6) is -0.150. The van der Waals surface area contributed by atoms with E-state index in [1.165, 1.54) is 0 Å². The van der Waals surface area contributed by atoms with Crippen molar-refractivity contribution in [1.82, 2.24) is 9.88 Å². The molecule has 1 atom stereocenters. The Morgan fingerprint density at radius 1 is 0.966 bits per heavy atom. The van der Waals surface area contributed by atoms with Crippen molar-refractivity contribution in [3.8, 4) is 5.75 Å². The summed E-state index contributed by atoms with van der Waals surface area (Å²) in [7, 11) is 0. The minimum atomic E-state index is -0.605. The number of phenols is 1. The number of carbonyl (C=O) groups is 1. The lowest BCUT2D eigenvalue weighted by molar-refractivity contribution is 0.0714. The number of phenolic OH excluding ortho intramolecular Hbond substituents is 1. The van der Waals surface area contributed by atoms with Crippen molar-refractivity contribution in [3.05, 3.63) is 106 Å². The summed E-state index contributed by atoms with van der Waals surface area (Å²) in [4.78, 5) is 32.2. The molecule has 3 heterocycles. The number of aromatic hydroxyl groups is 1. The number of rotatable bonds is 3. The lowest BCUT2D eigenvalue weighted by Gasteiger charge is -2.25. The van der Waals surface area contributed by atoms with Crippen LogP contribution in [0.3, 0.4) is 0 Å². The minimum Gasteiger partial charge on any atom is -0.508 e. The molecule has 5 rings (SSSR count). The van der Waals surface area contributed by atoms with Crippen molar-refractivity contribution in [1.29, 1.82) is 0 Å². The maximum absolute atomic E-state index is 13.3. The summed E-state index contributed by atoms with van der Waals surface area (Å²) < 4.78 is 5.89. The number of pyridine rings is 1. The van der Waals surface area contributed by atoms with Crippen LogP contribution in [0, 0.1) is 0 Å². The second-order valence-corrected chi connectivity index (χ2v) is 6.95. The van der Waals surface area contributed by atoms with E-state index < -0.39 is 6.04 Å². The molecule has 0 spiro atoms. The van der Waals surface area contributed by atoms with Crippen molar-refractivity contribution >= 4 is 16.9 Å². The van der Waals surface area contributed by atoms with Crippen LogP contribution in [0.5, 0.6) is 5.75 Å². The number of aromatic nitrogens is 1. The SMILES string of the molecule is O=C1c2oc3ccccc3c(=O)c2C(c2ccc(O)cc2)N1Cc1ccncc1. The summed E-state index contributed by atoms with van der Waals surface area (Å²) >= 11 is 0. The second-order valence-electron chi connectivity index (χ2n) is 6.95. The van der Waals surface area contributed by atoms with Crippen molar-refractivity contribution in [2.24, 2.45) is 0 Å². The molecule has 0 saturated carbocycles. The maximum Gasteiger partial charge on any atom is 0.291 e. The minimum absolute atomic E-state index is 0.0702. The van der Waals surface area contributed by atoms with Crippen LogP contribution in [0.15, 0.2) is 82.3 Å². The number of hydrogen-bond acceptors (Lipinski definition) is 5. The zero-order valence-electron chi connectivity index (χ0n) is 15.3. The van der Waals surface area contributed by atoms with E-state index in [2.05, 4.69) is 4.98 Å². The number of para-hydroxylation sites is 1. The van der Waals surface area contributed by atoms with Gasteiger partial charge in [0.25, 0.3) is 5.91 Å². The quantitative estimate of drug-likeness (QED) is 0.583. The van der Waals surface area contributed by atoms with E-state index in [-0.39, 0.29) is 22.8 Å².